The Hall–Kier alpha value is -0.965. The van der Waals surface area contributed by atoms with Crippen LogP contribution in [0.3, 0.4) is 0 Å². The van der Waals surface area contributed by atoms with Crippen molar-refractivity contribution in [2.75, 3.05) is 0 Å². The van der Waals surface area contributed by atoms with Gasteiger partial charge in [-0.05, 0) is 45.4 Å². The third-order valence-electron chi connectivity index (χ3n) is 4.31. The third-order valence-corrected chi connectivity index (χ3v) is 4.63. The molecule has 1 aliphatic heterocycles. The molecule has 0 radical (unpaired) electrons. The number of furan rings is 1. The van der Waals surface area contributed by atoms with Gasteiger partial charge in [0.1, 0.15) is 5.58 Å². The van der Waals surface area contributed by atoms with Gasteiger partial charge in [-0.2, -0.15) is 0 Å². The van der Waals surface area contributed by atoms with Gasteiger partial charge in [-0.1, -0.05) is 17.7 Å². The summed E-state index contributed by atoms with van der Waals surface area (Å²) in [7, 11) is -0.280. The van der Waals surface area contributed by atoms with Crippen molar-refractivity contribution >= 4 is 29.7 Å². The second-order valence-corrected chi connectivity index (χ2v) is 6.67. The highest BCUT2D eigenvalue weighted by molar-refractivity contribution is 6.45. The number of hydrogen-bond acceptors (Lipinski definition) is 3. The van der Waals surface area contributed by atoms with E-state index >= 15 is 0 Å². The summed E-state index contributed by atoms with van der Waals surface area (Å²) in [6.45, 7) is 8.20. The van der Waals surface area contributed by atoms with Crippen LogP contribution in [-0.4, -0.2) is 18.3 Å². The topological polar surface area (TPSA) is 31.6 Å². The van der Waals surface area contributed by atoms with E-state index in [1.165, 1.54) is 0 Å². The van der Waals surface area contributed by atoms with Crippen LogP contribution in [0, 0.1) is 0 Å². The van der Waals surface area contributed by atoms with Crippen LogP contribution in [0.2, 0.25) is 5.02 Å². The molecular formula is C15H18BClO3. The Morgan fingerprint density at radius 3 is 2.40 bits per heavy atom. The number of fused-ring (bicyclic) bond motifs is 1. The van der Waals surface area contributed by atoms with Gasteiger partial charge in [0.05, 0.1) is 22.5 Å². The van der Waals surface area contributed by atoms with Crippen molar-refractivity contribution in [2.24, 2.45) is 0 Å². The molecule has 0 atom stereocenters. The Labute approximate surface area is 124 Å². The molecule has 3 rings (SSSR count). The molecule has 0 amide bonds. The maximum Gasteiger partial charge on any atom is 0.462 e. The van der Waals surface area contributed by atoms with Gasteiger partial charge in [0, 0.05) is 11.7 Å². The maximum atomic E-state index is 6.26. The van der Waals surface area contributed by atoms with Crippen LogP contribution in [0.25, 0.3) is 11.0 Å². The molecule has 0 bridgehead atoms. The largest absolute Gasteiger partial charge is 0.464 e. The van der Waals surface area contributed by atoms with Crippen molar-refractivity contribution in [3.63, 3.8) is 0 Å². The predicted molar refractivity (Wildman–Crippen MR) is 81.0 cm³/mol. The van der Waals surface area contributed by atoms with Crippen LogP contribution in [0.15, 0.2) is 28.9 Å². The van der Waals surface area contributed by atoms with Gasteiger partial charge in [0.2, 0.25) is 0 Å². The van der Waals surface area contributed by atoms with Gasteiger partial charge < -0.3 is 13.7 Å². The van der Waals surface area contributed by atoms with Gasteiger partial charge >= 0.3 is 7.12 Å². The van der Waals surface area contributed by atoms with Gasteiger partial charge in [-0.3, -0.25) is 0 Å². The molecule has 0 aliphatic carbocycles. The van der Waals surface area contributed by atoms with E-state index in [-0.39, 0.29) is 18.3 Å². The van der Waals surface area contributed by atoms with E-state index in [4.69, 9.17) is 25.3 Å². The van der Waals surface area contributed by atoms with Crippen molar-refractivity contribution in [3.05, 3.63) is 35.0 Å². The molecule has 1 aromatic carbocycles. The van der Waals surface area contributed by atoms with Gasteiger partial charge in [0.15, 0.2) is 0 Å². The van der Waals surface area contributed by atoms with E-state index in [0.29, 0.717) is 11.3 Å². The van der Waals surface area contributed by atoms with Crippen molar-refractivity contribution in [1.29, 1.82) is 0 Å². The smallest absolute Gasteiger partial charge is 0.462 e. The minimum Gasteiger partial charge on any atom is -0.464 e. The van der Waals surface area contributed by atoms with Crippen LogP contribution in [0.5, 0.6) is 0 Å². The number of hydrogen-bond donors (Lipinski definition) is 0. The first-order chi connectivity index (χ1) is 9.30. The van der Waals surface area contributed by atoms with Crippen molar-refractivity contribution in [2.45, 2.75) is 45.2 Å². The molecule has 3 nitrogen and oxygen atoms in total. The van der Waals surface area contributed by atoms with E-state index in [9.17, 15) is 0 Å². The third kappa shape index (κ3) is 2.16. The highest BCUT2D eigenvalue weighted by Gasteiger charge is 2.51. The standard InChI is InChI=1S/C15H18BClO3/c1-14(2)15(3,4)20-16(19-14)8-10-9-18-12-7-5-6-11(17)13(10)12/h5-7,9H,8H2,1-4H3. The lowest BCUT2D eigenvalue weighted by Gasteiger charge is -2.32. The van der Waals surface area contributed by atoms with Gasteiger partial charge in [-0.25, -0.2) is 0 Å². The normalized spacial score (nSPS) is 20.8. The lowest BCUT2D eigenvalue weighted by Crippen LogP contribution is -2.41. The summed E-state index contributed by atoms with van der Waals surface area (Å²) in [5, 5.41) is 1.65. The van der Waals surface area contributed by atoms with E-state index in [1.807, 2.05) is 45.9 Å². The zero-order valence-electron chi connectivity index (χ0n) is 12.2. The Bertz CT molecular complexity index is 632. The molecule has 0 saturated carbocycles. The molecule has 0 unspecified atom stereocenters. The highest BCUT2D eigenvalue weighted by atomic mass is 35.5. The van der Waals surface area contributed by atoms with Crippen molar-refractivity contribution < 1.29 is 13.7 Å². The first kappa shape index (κ1) is 14.0. The zero-order chi connectivity index (χ0) is 14.5. The molecule has 5 heteroatoms. The summed E-state index contributed by atoms with van der Waals surface area (Å²) in [5.41, 5.74) is 1.18. The average molecular weight is 293 g/mol. The number of rotatable bonds is 2. The number of halogens is 1. The van der Waals surface area contributed by atoms with Crippen LogP contribution in [0.1, 0.15) is 33.3 Å². The molecule has 106 valence electrons. The average Bonchev–Trinajstić information content (AvgIpc) is 2.80. The fourth-order valence-electron chi connectivity index (χ4n) is 2.49. The molecule has 1 fully saturated rings. The summed E-state index contributed by atoms with van der Waals surface area (Å²) in [6, 6.07) is 5.66. The van der Waals surface area contributed by atoms with Crippen LogP contribution >= 0.6 is 11.6 Å². The highest BCUT2D eigenvalue weighted by Crippen LogP contribution is 2.38. The summed E-state index contributed by atoms with van der Waals surface area (Å²) in [4.78, 5) is 0. The first-order valence-corrected chi connectivity index (χ1v) is 7.18. The molecule has 0 spiro atoms. The predicted octanol–water partition coefficient (Wildman–Crippen LogP) is 4.26. The molecule has 1 aromatic heterocycles. The van der Waals surface area contributed by atoms with Gasteiger partial charge in [-0.15, -0.1) is 0 Å². The molecular weight excluding hydrogens is 274 g/mol. The molecule has 0 N–H and O–H groups in total. The lowest BCUT2D eigenvalue weighted by atomic mass is 9.81. The summed E-state index contributed by atoms with van der Waals surface area (Å²) in [6.07, 6.45) is 2.37. The van der Waals surface area contributed by atoms with E-state index < -0.39 is 0 Å². The molecule has 1 aliphatic rings. The van der Waals surface area contributed by atoms with Crippen molar-refractivity contribution in [1.82, 2.24) is 0 Å². The second-order valence-electron chi connectivity index (χ2n) is 6.26. The molecule has 2 heterocycles. The lowest BCUT2D eigenvalue weighted by molar-refractivity contribution is 0.00578. The van der Waals surface area contributed by atoms with E-state index in [2.05, 4.69) is 0 Å². The Morgan fingerprint density at radius 1 is 1.10 bits per heavy atom. The first-order valence-electron chi connectivity index (χ1n) is 6.80. The summed E-state index contributed by atoms with van der Waals surface area (Å²) >= 11 is 6.26. The van der Waals surface area contributed by atoms with E-state index in [0.717, 1.165) is 16.5 Å². The SMILES string of the molecule is CC1(C)OB(Cc2coc3cccc(Cl)c23)OC1(C)C. The maximum absolute atomic E-state index is 6.26. The van der Waals surface area contributed by atoms with Crippen molar-refractivity contribution in [3.8, 4) is 0 Å². The van der Waals surface area contributed by atoms with Crippen LogP contribution in [-0.2, 0) is 15.6 Å². The Morgan fingerprint density at radius 2 is 1.75 bits per heavy atom. The summed E-state index contributed by atoms with van der Waals surface area (Å²) in [5.74, 6) is 0. The van der Waals surface area contributed by atoms with Gasteiger partial charge in [0.25, 0.3) is 0 Å². The molecule has 1 saturated heterocycles. The monoisotopic (exact) mass is 292 g/mol. The van der Waals surface area contributed by atoms with E-state index in [1.54, 1.807) is 6.26 Å². The fourth-order valence-corrected chi connectivity index (χ4v) is 2.77. The number of benzene rings is 1. The fraction of sp³-hybridized carbons (Fsp3) is 0.467. The second kappa shape index (κ2) is 4.52. The summed E-state index contributed by atoms with van der Waals surface area (Å²) < 4.78 is 17.6. The van der Waals surface area contributed by atoms with Crippen LogP contribution in [0.4, 0.5) is 0 Å². The minimum absolute atomic E-state index is 0.280. The minimum atomic E-state index is -0.318. The zero-order valence-corrected chi connectivity index (χ0v) is 13.0. The molecule has 2 aromatic rings. The quantitative estimate of drug-likeness (QED) is 0.775. The molecule has 20 heavy (non-hydrogen) atoms. The Balaban J connectivity index is 1.89. The Kier molecular flexibility index (Phi) is 3.16. The van der Waals surface area contributed by atoms with Crippen LogP contribution < -0.4 is 0 Å².